The Labute approximate surface area is 85.4 Å². The van der Waals surface area contributed by atoms with Gasteiger partial charge in [-0.1, -0.05) is 0 Å². The zero-order valence-electron chi connectivity index (χ0n) is 8.47. The van der Waals surface area contributed by atoms with Gasteiger partial charge in [0.1, 0.15) is 0 Å². The number of hydrogen-bond acceptors (Lipinski definition) is 3. The summed E-state index contributed by atoms with van der Waals surface area (Å²) in [6.07, 6.45) is -4.98. The molecule has 2 unspecified atom stereocenters. The van der Waals surface area contributed by atoms with Crippen molar-refractivity contribution in [3.63, 3.8) is 0 Å². The molecule has 7 heteroatoms. The smallest absolute Gasteiger partial charge is 0.403 e. The van der Waals surface area contributed by atoms with Crippen molar-refractivity contribution < 1.29 is 27.8 Å². The highest BCUT2D eigenvalue weighted by Crippen LogP contribution is 2.25. The Morgan fingerprint density at radius 1 is 1.47 bits per heavy atom. The lowest BCUT2D eigenvalue weighted by Crippen LogP contribution is -2.41. The number of carboxylic acids is 1. The summed E-state index contributed by atoms with van der Waals surface area (Å²) < 4.78 is 41.2. The number of methoxy groups -OCH3 is 1. The number of halogens is 3. The number of carboxylic acid groups (broad SMARTS) is 1. The van der Waals surface area contributed by atoms with Gasteiger partial charge in [0.2, 0.25) is 0 Å². The molecule has 0 radical (unpaired) electrons. The van der Waals surface area contributed by atoms with Crippen LogP contribution in [0, 0.1) is 5.92 Å². The van der Waals surface area contributed by atoms with E-state index in [9.17, 15) is 18.0 Å². The van der Waals surface area contributed by atoms with Crippen LogP contribution in [-0.2, 0) is 9.53 Å². The third-order valence-electron chi connectivity index (χ3n) is 1.88. The summed E-state index contributed by atoms with van der Waals surface area (Å²) in [6, 6.07) is 0. The number of ether oxygens (including phenoxy) is 1. The van der Waals surface area contributed by atoms with Crippen LogP contribution < -0.4 is 5.32 Å². The zero-order valence-corrected chi connectivity index (χ0v) is 8.47. The van der Waals surface area contributed by atoms with Crippen LogP contribution in [0.1, 0.15) is 6.92 Å². The highest BCUT2D eigenvalue weighted by Gasteiger charge is 2.44. The Morgan fingerprint density at radius 3 is 2.33 bits per heavy atom. The Balaban J connectivity index is 4.05. The molecular formula is C8H14F3NO3. The Hall–Kier alpha value is -0.820. The molecule has 0 spiro atoms. The molecule has 0 saturated heterocycles. The Morgan fingerprint density at radius 2 is 2.00 bits per heavy atom. The van der Waals surface area contributed by atoms with Gasteiger partial charge < -0.3 is 15.2 Å². The minimum atomic E-state index is -4.73. The van der Waals surface area contributed by atoms with Gasteiger partial charge in [-0.3, -0.25) is 4.79 Å². The van der Waals surface area contributed by atoms with Crippen LogP contribution in [0.25, 0.3) is 0 Å². The van der Waals surface area contributed by atoms with E-state index in [1.807, 2.05) is 0 Å². The third kappa shape index (κ3) is 5.58. The first-order valence-corrected chi connectivity index (χ1v) is 4.32. The quantitative estimate of drug-likeness (QED) is 0.709. The van der Waals surface area contributed by atoms with Crippen LogP contribution in [0.3, 0.4) is 0 Å². The topological polar surface area (TPSA) is 58.6 Å². The van der Waals surface area contributed by atoms with Crippen molar-refractivity contribution in [2.75, 3.05) is 20.2 Å². The zero-order chi connectivity index (χ0) is 12.1. The van der Waals surface area contributed by atoms with Crippen molar-refractivity contribution in [1.29, 1.82) is 0 Å². The predicted molar refractivity (Wildman–Crippen MR) is 46.5 cm³/mol. The first kappa shape index (κ1) is 14.2. The number of aliphatic carboxylic acids is 1. The van der Waals surface area contributed by atoms with Crippen LogP contribution in [0.2, 0.25) is 0 Å². The SMILES string of the molecule is COC(C)CNCC(C(=O)O)C(F)(F)F. The van der Waals surface area contributed by atoms with E-state index in [4.69, 9.17) is 9.84 Å². The van der Waals surface area contributed by atoms with E-state index in [-0.39, 0.29) is 12.6 Å². The van der Waals surface area contributed by atoms with Gasteiger partial charge in [-0.05, 0) is 6.92 Å². The molecule has 4 nitrogen and oxygen atoms in total. The molecule has 0 aliphatic rings. The standard InChI is InChI=1S/C8H14F3NO3/c1-5(15-2)3-12-4-6(7(13)14)8(9,10)11/h5-6,12H,3-4H2,1-2H3,(H,13,14). The second-order valence-corrected chi connectivity index (χ2v) is 3.14. The van der Waals surface area contributed by atoms with Crippen LogP contribution in [0.5, 0.6) is 0 Å². The van der Waals surface area contributed by atoms with Crippen molar-refractivity contribution in [3.8, 4) is 0 Å². The average Bonchev–Trinajstić information content (AvgIpc) is 2.09. The highest BCUT2D eigenvalue weighted by atomic mass is 19.4. The molecule has 90 valence electrons. The minimum Gasteiger partial charge on any atom is -0.481 e. The van der Waals surface area contributed by atoms with Crippen molar-refractivity contribution in [1.82, 2.24) is 5.32 Å². The summed E-state index contributed by atoms with van der Waals surface area (Å²) in [7, 11) is 1.42. The van der Waals surface area contributed by atoms with E-state index < -0.39 is 24.6 Å². The van der Waals surface area contributed by atoms with Gasteiger partial charge in [-0.15, -0.1) is 0 Å². The van der Waals surface area contributed by atoms with Gasteiger partial charge >= 0.3 is 12.1 Å². The maximum Gasteiger partial charge on any atom is 0.403 e. The first-order valence-electron chi connectivity index (χ1n) is 4.32. The molecule has 2 atom stereocenters. The molecule has 0 aromatic rings. The van der Waals surface area contributed by atoms with Crippen molar-refractivity contribution in [2.24, 2.45) is 5.92 Å². The van der Waals surface area contributed by atoms with E-state index in [0.29, 0.717) is 0 Å². The minimum absolute atomic E-state index is 0.177. The van der Waals surface area contributed by atoms with E-state index in [1.165, 1.54) is 7.11 Å². The molecule has 15 heavy (non-hydrogen) atoms. The average molecular weight is 229 g/mol. The largest absolute Gasteiger partial charge is 0.481 e. The maximum atomic E-state index is 12.1. The predicted octanol–water partition coefficient (Wildman–Crippen LogP) is 0.874. The van der Waals surface area contributed by atoms with Gasteiger partial charge in [0.05, 0.1) is 6.10 Å². The molecule has 0 rings (SSSR count). The lowest BCUT2D eigenvalue weighted by atomic mass is 10.1. The third-order valence-corrected chi connectivity index (χ3v) is 1.88. The maximum absolute atomic E-state index is 12.1. The van der Waals surface area contributed by atoms with Gasteiger partial charge in [0.15, 0.2) is 5.92 Å². The second kappa shape index (κ2) is 5.92. The van der Waals surface area contributed by atoms with E-state index >= 15 is 0 Å². The fraction of sp³-hybridized carbons (Fsp3) is 0.875. The molecule has 0 aliphatic carbocycles. The molecular weight excluding hydrogens is 215 g/mol. The lowest BCUT2D eigenvalue weighted by molar-refractivity contribution is -0.192. The number of hydrogen-bond donors (Lipinski definition) is 2. The summed E-state index contributed by atoms with van der Waals surface area (Å²) in [6.45, 7) is 1.19. The van der Waals surface area contributed by atoms with Gasteiger partial charge in [0, 0.05) is 20.2 Å². The van der Waals surface area contributed by atoms with E-state index in [0.717, 1.165) is 0 Å². The monoisotopic (exact) mass is 229 g/mol. The molecule has 0 saturated carbocycles. The fourth-order valence-electron chi connectivity index (χ4n) is 0.857. The molecule has 0 aromatic carbocycles. The molecule has 0 amide bonds. The van der Waals surface area contributed by atoms with Gasteiger partial charge in [-0.25, -0.2) is 0 Å². The Bertz CT molecular complexity index is 208. The van der Waals surface area contributed by atoms with Crippen molar-refractivity contribution in [2.45, 2.75) is 19.2 Å². The van der Waals surface area contributed by atoms with Crippen LogP contribution in [0.4, 0.5) is 13.2 Å². The van der Waals surface area contributed by atoms with Crippen LogP contribution in [0.15, 0.2) is 0 Å². The summed E-state index contributed by atoms with van der Waals surface area (Å²) in [5, 5.41) is 10.7. The molecule has 2 N–H and O–H groups in total. The normalized spacial score (nSPS) is 16.1. The fourth-order valence-corrected chi connectivity index (χ4v) is 0.857. The highest BCUT2D eigenvalue weighted by molar-refractivity contribution is 5.71. The summed E-state index contributed by atoms with van der Waals surface area (Å²) in [5.74, 6) is -4.25. The molecule has 0 aromatic heterocycles. The van der Waals surface area contributed by atoms with Crippen molar-refractivity contribution >= 4 is 5.97 Å². The summed E-state index contributed by atoms with van der Waals surface area (Å²) >= 11 is 0. The summed E-state index contributed by atoms with van der Waals surface area (Å²) in [5.41, 5.74) is 0. The second-order valence-electron chi connectivity index (χ2n) is 3.14. The lowest BCUT2D eigenvalue weighted by Gasteiger charge is -2.17. The molecule has 0 fully saturated rings. The van der Waals surface area contributed by atoms with Crippen LogP contribution in [-0.4, -0.2) is 43.6 Å². The summed E-state index contributed by atoms with van der Waals surface area (Å²) in [4.78, 5) is 10.3. The number of nitrogens with one attached hydrogen (secondary N) is 1. The van der Waals surface area contributed by atoms with E-state index in [1.54, 1.807) is 6.92 Å². The molecule has 0 heterocycles. The molecule has 0 bridgehead atoms. The first-order chi connectivity index (χ1) is 6.79. The van der Waals surface area contributed by atoms with Gasteiger partial charge in [-0.2, -0.15) is 13.2 Å². The van der Waals surface area contributed by atoms with Gasteiger partial charge in [0.25, 0.3) is 0 Å². The van der Waals surface area contributed by atoms with Crippen molar-refractivity contribution in [3.05, 3.63) is 0 Å². The number of rotatable bonds is 6. The van der Waals surface area contributed by atoms with Crippen LogP contribution >= 0.6 is 0 Å². The Kier molecular flexibility index (Phi) is 5.59. The number of carbonyl (C=O) groups is 1. The number of alkyl halides is 3. The van der Waals surface area contributed by atoms with E-state index in [2.05, 4.69) is 5.32 Å². The molecule has 0 aliphatic heterocycles.